The molecule has 2 atom stereocenters. The summed E-state index contributed by atoms with van der Waals surface area (Å²) in [7, 11) is 1.67. The molecule has 1 aliphatic heterocycles. The Morgan fingerprint density at radius 3 is 2.73 bits per heavy atom. The zero-order valence-corrected chi connectivity index (χ0v) is 18.1. The predicted octanol–water partition coefficient (Wildman–Crippen LogP) is 6.03. The molecule has 5 rings (SSSR count). The number of thioether (sulfide) groups is 1. The predicted molar refractivity (Wildman–Crippen MR) is 123 cm³/mol. The van der Waals surface area contributed by atoms with Gasteiger partial charge in [-0.2, -0.15) is 0 Å². The lowest BCUT2D eigenvalue weighted by atomic mass is 9.78. The molecule has 30 heavy (non-hydrogen) atoms. The van der Waals surface area contributed by atoms with Gasteiger partial charge >= 0.3 is 0 Å². The summed E-state index contributed by atoms with van der Waals surface area (Å²) in [6, 6.07) is 21.5. The van der Waals surface area contributed by atoms with Crippen LogP contribution in [0, 0.1) is 12.8 Å². The van der Waals surface area contributed by atoms with Gasteiger partial charge in [0.25, 0.3) is 0 Å². The molecule has 0 spiro atoms. The molecular formula is C26H25NO2S. The van der Waals surface area contributed by atoms with Gasteiger partial charge in [-0.05, 0) is 60.2 Å². The summed E-state index contributed by atoms with van der Waals surface area (Å²) in [4.78, 5) is 6.41. The van der Waals surface area contributed by atoms with E-state index in [4.69, 9.17) is 9.73 Å². The highest BCUT2D eigenvalue weighted by molar-refractivity contribution is 7.99. The number of fused-ring (bicyclic) bond motifs is 4. The minimum absolute atomic E-state index is 0.0275. The summed E-state index contributed by atoms with van der Waals surface area (Å²) >= 11 is 1.90. The van der Waals surface area contributed by atoms with Gasteiger partial charge in [-0.25, -0.2) is 0 Å². The van der Waals surface area contributed by atoms with Crippen LogP contribution in [-0.2, 0) is 13.0 Å². The average molecular weight is 416 g/mol. The Morgan fingerprint density at radius 1 is 1.10 bits per heavy atom. The quantitative estimate of drug-likeness (QED) is 0.568. The molecule has 0 saturated heterocycles. The number of benzene rings is 3. The number of methoxy groups -OCH3 is 1. The molecule has 2 unspecified atom stereocenters. The van der Waals surface area contributed by atoms with Gasteiger partial charge in [-0.15, -0.1) is 11.8 Å². The maximum atomic E-state index is 9.96. The molecule has 1 N–H and O–H groups in total. The number of aryl methyl sites for hydroxylation is 2. The molecule has 0 fully saturated rings. The maximum absolute atomic E-state index is 9.96. The van der Waals surface area contributed by atoms with Crippen LogP contribution >= 0.6 is 11.8 Å². The second-order valence-corrected chi connectivity index (χ2v) is 9.18. The van der Waals surface area contributed by atoms with Crippen LogP contribution in [0.25, 0.3) is 0 Å². The van der Waals surface area contributed by atoms with Crippen LogP contribution in [0.2, 0.25) is 0 Å². The van der Waals surface area contributed by atoms with Crippen molar-refractivity contribution in [2.45, 2.75) is 36.5 Å². The van der Waals surface area contributed by atoms with Crippen molar-refractivity contribution >= 4 is 23.2 Å². The van der Waals surface area contributed by atoms with Crippen molar-refractivity contribution in [2.24, 2.45) is 10.9 Å². The van der Waals surface area contributed by atoms with E-state index in [-0.39, 0.29) is 11.9 Å². The van der Waals surface area contributed by atoms with E-state index < -0.39 is 0 Å². The van der Waals surface area contributed by atoms with Gasteiger partial charge in [0, 0.05) is 21.6 Å². The van der Waals surface area contributed by atoms with Gasteiger partial charge in [-0.1, -0.05) is 42.5 Å². The number of aliphatic hydroxyl groups excluding tert-OH is 1. The number of nitrogens with zero attached hydrogens (tertiary/aromatic N) is 1. The van der Waals surface area contributed by atoms with Crippen LogP contribution in [0.15, 0.2) is 70.6 Å². The van der Waals surface area contributed by atoms with E-state index in [0.29, 0.717) is 5.92 Å². The van der Waals surface area contributed by atoms with Crippen LogP contribution in [0.3, 0.4) is 0 Å². The topological polar surface area (TPSA) is 41.8 Å². The molecule has 4 heteroatoms. The lowest BCUT2D eigenvalue weighted by Gasteiger charge is -2.32. The second-order valence-electron chi connectivity index (χ2n) is 7.99. The highest BCUT2D eigenvalue weighted by atomic mass is 32.2. The van der Waals surface area contributed by atoms with Crippen LogP contribution in [-0.4, -0.2) is 17.9 Å². The Labute approximate surface area is 181 Å². The molecule has 0 amide bonds. The molecule has 1 heterocycles. The Kier molecular flexibility index (Phi) is 5.13. The normalized spacial score (nSPS) is 19.8. The molecule has 0 radical (unpaired) electrons. The molecule has 2 aliphatic rings. The summed E-state index contributed by atoms with van der Waals surface area (Å²) in [6.45, 7) is 2.03. The molecule has 3 aromatic rings. The van der Waals surface area contributed by atoms with Crippen LogP contribution < -0.4 is 4.74 Å². The minimum Gasteiger partial charge on any atom is -0.496 e. The highest BCUT2D eigenvalue weighted by Gasteiger charge is 2.36. The first-order valence-corrected chi connectivity index (χ1v) is 11.3. The van der Waals surface area contributed by atoms with Crippen LogP contribution in [0.1, 0.15) is 39.5 Å². The van der Waals surface area contributed by atoms with E-state index >= 15 is 0 Å². The van der Waals surface area contributed by atoms with Crippen molar-refractivity contribution in [2.75, 3.05) is 7.11 Å². The molecule has 0 saturated carbocycles. The van der Waals surface area contributed by atoms with Gasteiger partial charge < -0.3 is 9.84 Å². The fraction of sp³-hybridized carbons (Fsp3) is 0.269. The summed E-state index contributed by atoms with van der Waals surface area (Å²) in [5.41, 5.74) is 8.05. The lowest BCUT2D eigenvalue weighted by molar-refractivity contribution is 0.273. The third kappa shape index (κ3) is 3.24. The second kappa shape index (κ2) is 7.93. The number of aliphatic imine (C=N–C) groups is 1. The lowest BCUT2D eigenvalue weighted by Crippen LogP contribution is -2.27. The number of hydrogen-bond donors (Lipinski definition) is 1. The van der Waals surface area contributed by atoms with E-state index in [2.05, 4.69) is 67.6 Å². The first kappa shape index (κ1) is 19.4. The van der Waals surface area contributed by atoms with Gasteiger partial charge in [0.2, 0.25) is 0 Å². The largest absolute Gasteiger partial charge is 0.496 e. The number of para-hydroxylation sites is 1. The Balaban J connectivity index is 1.69. The van der Waals surface area contributed by atoms with E-state index in [1.807, 2.05) is 11.8 Å². The van der Waals surface area contributed by atoms with Crippen molar-refractivity contribution < 1.29 is 9.84 Å². The van der Waals surface area contributed by atoms with Crippen molar-refractivity contribution in [3.05, 3.63) is 88.5 Å². The van der Waals surface area contributed by atoms with Crippen molar-refractivity contribution in [3.8, 4) is 5.75 Å². The third-order valence-electron chi connectivity index (χ3n) is 6.17. The van der Waals surface area contributed by atoms with Gasteiger partial charge in [0.15, 0.2) is 0 Å². The molecular weight excluding hydrogens is 390 g/mol. The van der Waals surface area contributed by atoms with E-state index in [9.17, 15) is 5.11 Å². The zero-order chi connectivity index (χ0) is 20.7. The van der Waals surface area contributed by atoms with Gasteiger partial charge in [-0.3, -0.25) is 4.99 Å². The van der Waals surface area contributed by atoms with Gasteiger partial charge in [0.05, 0.1) is 25.1 Å². The monoisotopic (exact) mass is 415 g/mol. The molecule has 0 bridgehead atoms. The SMILES string of the molecule is COc1c(C)cc(C2Sc3ccccc3N=C3c4ccccc4CCC32)cc1CO. The number of hydrogen-bond acceptors (Lipinski definition) is 4. The minimum atomic E-state index is -0.0275. The number of aliphatic hydroxyl groups is 1. The van der Waals surface area contributed by atoms with Crippen molar-refractivity contribution in [1.82, 2.24) is 0 Å². The fourth-order valence-corrected chi connectivity index (χ4v) is 6.19. The van der Waals surface area contributed by atoms with Crippen molar-refractivity contribution in [1.29, 1.82) is 0 Å². The Hall–Kier alpha value is -2.56. The first-order valence-electron chi connectivity index (χ1n) is 10.4. The average Bonchev–Trinajstić information content (AvgIpc) is 2.95. The number of ether oxygens (including phenoxy) is 1. The van der Waals surface area contributed by atoms with E-state index in [0.717, 1.165) is 35.4 Å². The standard InChI is InChI=1S/C26H25NO2S/c1-16-13-18(14-19(15-28)25(16)29-2)26-21-12-11-17-7-3-4-8-20(17)24(21)27-22-9-5-6-10-23(22)30-26/h3-10,13-14,21,26,28H,11-12,15H2,1-2H3. The summed E-state index contributed by atoms with van der Waals surface area (Å²) < 4.78 is 5.55. The first-order chi connectivity index (χ1) is 14.7. The van der Waals surface area contributed by atoms with E-state index in [1.165, 1.54) is 27.3 Å². The summed E-state index contributed by atoms with van der Waals surface area (Å²) in [6.07, 6.45) is 2.14. The smallest absolute Gasteiger partial charge is 0.127 e. The molecule has 3 aromatic carbocycles. The summed E-state index contributed by atoms with van der Waals surface area (Å²) in [5.74, 6) is 1.10. The molecule has 3 nitrogen and oxygen atoms in total. The van der Waals surface area contributed by atoms with Crippen LogP contribution in [0.4, 0.5) is 5.69 Å². The summed E-state index contributed by atoms with van der Waals surface area (Å²) in [5, 5.41) is 10.2. The maximum Gasteiger partial charge on any atom is 0.127 e. The molecule has 0 aromatic heterocycles. The van der Waals surface area contributed by atoms with E-state index in [1.54, 1.807) is 7.11 Å². The molecule has 152 valence electrons. The van der Waals surface area contributed by atoms with Crippen molar-refractivity contribution in [3.63, 3.8) is 0 Å². The third-order valence-corrected chi connectivity index (χ3v) is 7.63. The number of rotatable bonds is 3. The highest BCUT2D eigenvalue weighted by Crippen LogP contribution is 2.51. The zero-order valence-electron chi connectivity index (χ0n) is 17.3. The fourth-order valence-electron chi connectivity index (χ4n) is 4.82. The Bertz CT molecular complexity index is 1140. The Morgan fingerprint density at radius 2 is 1.90 bits per heavy atom. The van der Waals surface area contributed by atoms with Gasteiger partial charge in [0.1, 0.15) is 5.75 Å². The molecule has 1 aliphatic carbocycles. The van der Waals surface area contributed by atoms with Crippen LogP contribution in [0.5, 0.6) is 5.75 Å².